The maximum absolute atomic E-state index is 13.3. The minimum absolute atomic E-state index is 0.0159. The van der Waals surface area contributed by atoms with Crippen LogP contribution in [0.5, 0.6) is 11.5 Å². The predicted octanol–water partition coefficient (Wildman–Crippen LogP) is 4.18. The Morgan fingerprint density at radius 2 is 1.62 bits per heavy atom. The number of piperidine rings is 1. The van der Waals surface area contributed by atoms with Crippen LogP contribution in [0, 0.1) is 0 Å². The van der Waals surface area contributed by atoms with E-state index in [2.05, 4.69) is 0 Å². The van der Waals surface area contributed by atoms with Gasteiger partial charge >= 0.3 is 0 Å². The number of amides is 1. The van der Waals surface area contributed by atoms with Crippen molar-refractivity contribution < 1.29 is 14.3 Å². The Morgan fingerprint density at radius 1 is 0.897 bits per heavy atom. The van der Waals surface area contributed by atoms with E-state index < -0.39 is 0 Å². The van der Waals surface area contributed by atoms with Crippen molar-refractivity contribution in [2.45, 2.75) is 19.3 Å². The van der Waals surface area contributed by atoms with Crippen molar-refractivity contribution >= 4 is 5.91 Å². The molecule has 0 atom stereocenters. The number of nitrogens with zero attached hydrogens (tertiary/aromatic N) is 3. The predicted molar refractivity (Wildman–Crippen MR) is 112 cm³/mol. The van der Waals surface area contributed by atoms with Crippen LogP contribution in [-0.4, -0.2) is 47.9 Å². The maximum atomic E-state index is 13.3. The number of hydrogen-bond acceptors (Lipinski definition) is 4. The fourth-order valence-electron chi connectivity index (χ4n) is 3.64. The number of rotatable bonds is 5. The summed E-state index contributed by atoms with van der Waals surface area (Å²) in [6.45, 7) is 1.59. The molecule has 1 aliphatic rings. The minimum atomic E-state index is 0.0159. The van der Waals surface area contributed by atoms with E-state index in [9.17, 15) is 4.79 Å². The normalized spacial score (nSPS) is 13.9. The highest BCUT2D eigenvalue weighted by molar-refractivity contribution is 5.94. The molecule has 0 N–H and O–H groups in total. The van der Waals surface area contributed by atoms with E-state index in [0.29, 0.717) is 5.69 Å². The summed E-state index contributed by atoms with van der Waals surface area (Å²) in [6.07, 6.45) is 3.27. The lowest BCUT2D eigenvalue weighted by Crippen LogP contribution is -2.36. The molecule has 4 rings (SSSR count). The Labute approximate surface area is 170 Å². The SMILES string of the molecule is COc1ccc(-n2nc(-c3cccc(OC)c3)cc2C(=O)N2CCCCC2)cc1. The third kappa shape index (κ3) is 3.97. The third-order valence-corrected chi connectivity index (χ3v) is 5.25. The fourth-order valence-corrected chi connectivity index (χ4v) is 3.64. The molecule has 0 spiro atoms. The van der Waals surface area contributed by atoms with Crippen LogP contribution in [0.15, 0.2) is 54.6 Å². The average molecular weight is 391 g/mol. The molecule has 0 unspecified atom stereocenters. The summed E-state index contributed by atoms with van der Waals surface area (Å²) in [6, 6.07) is 17.2. The van der Waals surface area contributed by atoms with Gasteiger partial charge in [-0.05, 0) is 61.7 Å². The van der Waals surface area contributed by atoms with Crippen LogP contribution in [0.2, 0.25) is 0 Å². The van der Waals surface area contributed by atoms with E-state index in [0.717, 1.165) is 54.4 Å². The summed E-state index contributed by atoms with van der Waals surface area (Å²) in [5.41, 5.74) is 3.03. The van der Waals surface area contributed by atoms with Crippen molar-refractivity contribution in [3.05, 3.63) is 60.3 Å². The summed E-state index contributed by atoms with van der Waals surface area (Å²) in [7, 11) is 3.27. The largest absolute Gasteiger partial charge is 0.497 e. The number of carbonyl (C=O) groups is 1. The van der Waals surface area contributed by atoms with Gasteiger partial charge < -0.3 is 14.4 Å². The molecule has 1 saturated heterocycles. The zero-order valence-corrected chi connectivity index (χ0v) is 16.8. The molecule has 0 saturated carbocycles. The van der Waals surface area contributed by atoms with Crippen molar-refractivity contribution in [2.24, 2.45) is 0 Å². The van der Waals surface area contributed by atoms with Crippen LogP contribution in [0.25, 0.3) is 16.9 Å². The quantitative estimate of drug-likeness (QED) is 0.655. The van der Waals surface area contributed by atoms with Gasteiger partial charge in [0.15, 0.2) is 0 Å². The molecule has 2 aromatic carbocycles. The number of benzene rings is 2. The molecule has 0 radical (unpaired) electrons. The van der Waals surface area contributed by atoms with Gasteiger partial charge in [0.25, 0.3) is 5.91 Å². The van der Waals surface area contributed by atoms with E-state index in [-0.39, 0.29) is 5.91 Å². The van der Waals surface area contributed by atoms with E-state index in [1.165, 1.54) is 6.42 Å². The first kappa shape index (κ1) is 19.1. The monoisotopic (exact) mass is 391 g/mol. The van der Waals surface area contributed by atoms with Gasteiger partial charge in [-0.25, -0.2) is 4.68 Å². The van der Waals surface area contributed by atoms with Gasteiger partial charge in [-0.15, -0.1) is 0 Å². The lowest BCUT2D eigenvalue weighted by molar-refractivity contribution is 0.0715. The number of aromatic nitrogens is 2. The van der Waals surface area contributed by atoms with Gasteiger partial charge in [0, 0.05) is 18.7 Å². The van der Waals surface area contributed by atoms with E-state index >= 15 is 0 Å². The second-order valence-corrected chi connectivity index (χ2v) is 7.11. The van der Waals surface area contributed by atoms with Gasteiger partial charge in [-0.3, -0.25) is 4.79 Å². The summed E-state index contributed by atoms with van der Waals surface area (Å²) >= 11 is 0. The van der Waals surface area contributed by atoms with Crippen molar-refractivity contribution in [2.75, 3.05) is 27.3 Å². The lowest BCUT2D eigenvalue weighted by atomic mass is 10.1. The molecule has 1 aliphatic heterocycles. The maximum Gasteiger partial charge on any atom is 0.272 e. The molecule has 2 heterocycles. The van der Waals surface area contributed by atoms with Crippen LogP contribution in [0.4, 0.5) is 0 Å². The zero-order chi connectivity index (χ0) is 20.2. The highest BCUT2D eigenvalue weighted by Gasteiger charge is 2.24. The molecule has 1 amide bonds. The van der Waals surface area contributed by atoms with Gasteiger partial charge in [-0.2, -0.15) is 5.10 Å². The second kappa shape index (κ2) is 8.39. The van der Waals surface area contributed by atoms with Crippen LogP contribution >= 0.6 is 0 Å². The van der Waals surface area contributed by atoms with Gasteiger partial charge in [0.2, 0.25) is 0 Å². The number of carbonyl (C=O) groups excluding carboxylic acids is 1. The number of methoxy groups -OCH3 is 2. The molecule has 150 valence electrons. The molecule has 0 aliphatic carbocycles. The molecular weight excluding hydrogens is 366 g/mol. The Hall–Kier alpha value is -3.28. The highest BCUT2D eigenvalue weighted by Crippen LogP contribution is 2.27. The van der Waals surface area contributed by atoms with E-state index in [4.69, 9.17) is 14.6 Å². The Bertz CT molecular complexity index is 989. The third-order valence-electron chi connectivity index (χ3n) is 5.25. The smallest absolute Gasteiger partial charge is 0.272 e. The minimum Gasteiger partial charge on any atom is -0.497 e. The van der Waals surface area contributed by atoms with Crippen molar-refractivity contribution in [3.63, 3.8) is 0 Å². The number of ether oxygens (including phenoxy) is 2. The summed E-state index contributed by atoms with van der Waals surface area (Å²) in [4.78, 5) is 15.2. The van der Waals surface area contributed by atoms with Crippen molar-refractivity contribution in [1.29, 1.82) is 0 Å². The molecule has 3 aromatic rings. The van der Waals surface area contributed by atoms with Gasteiger partial charge in [0.1, 0.15) is 17.2 Å². The molecule has 6 nitrogen and oxygen atoms in total. The zero-order valence-electron chi connectivity index (χ0n) is 16.8. The molecule has 29 heavy (non-hydrogen) atoms. The topological polar surface area (TPSA) is 56.6 Å². The summed E-state index contributed by atoms with van der Waals surface area (Å²) < 4.78 is 12.3. The molecule has 0 bridgehead atoms. The molecular formula is C23H25N3O3. The van der Waals surface area contributed by atoms with Crippen LogP contribution < -0.4 is 9.47 Å². The van der Waals surface area contributed by atoms with E-state index in [1.807, 2.05) is 59.5 Å². The van der Waals surface area contributed by atoms with Crippen LogP contribution in [0.3, 0.4) is 0 Å². The standard InChI is InChI=1S/C23H25N3O3/c1-28-19-11-9-18(10-12-19)26-22(23(27)25-13-4-3-5-14-25)16-21(24-26)17-7-6-8-20(15-17)29-2/h6-12,15-16H,3-5,13-14H2,1-2H3. The molecule has 1 fully saturated rings. The van der Waals surface area contributed by atoms with Crippen LogP contribution in [-0.2, 0) is 0 Å². The van der Waals surface area contributed by atoms with Gasteiger partial charge in [0.05, 0.1) is 25.6 Å². The van der Waals surface area contributed by atoms with Crippen LogP contribution in [0.1, 0.15) is 29.8 Å². The Kier molecular flexibility index (Phi) is 5.51. The molecule has 6 heteroatoms. The summed E-state index contributed by atoms with van der Waals surface area (Å²) in [5, 5.41) is 4.77. The Balaban J connectivity index is 1.77. The lowest BCUT2D eigenvalue weighted by Gasteiger charge is -2.26. The first-order valence-electron chi connectivity index (χ1n) is 9.88. The first-order valence-corrected chi connectivity index (χ1v) is 9.88. The first-order chi connectivity index (χ1) is 14.2. The highest BCUT2D eigenvalue weighted by atomic mass is 16.5. The Morgan fingerprint density at radius 3 is 2.31 bits per heavy atom. The average Bonchev–Trinajstić information content (AvgIpc) is 3.25. The van der Waals surface area contributed by atoms with Crippen molar-refractivity contribution in [3.8, 4) is 28.4 Å². The molecule has 1 aromatic heterocycles. The number of hydrogen-bond donors (Lipinski definition) is 0. The van der Waals surface area contributed by atoms with E-state index in [1.54, 1.807) is 18.9 Å². The fraction of sp³-hybridized carbons (Fsp3) is 0.304. The van der Waals surface area contributed by atoms with Gasteiger partial charge in [-0.1, -0.05) is 12.1 Å². The number of likely N-dealkylation sites (tertiary alicyclic amines) is 1. The van der Waals surface area contributed by atoms with Crippen molar-refractivity contribution in [1.82, 2.24) is 14.7 Å². The summed E-state index contributed by atoms with van der Waals surface area (Å²) in [5.74, 6) is 1.53. The second-order valence-electron chi connectivity index (χ2n) is 7.11.